The quantitative estimate of drug-likeness (QED) is 0.0768. The normalized spacial score (nSPS) is 11.4. The van der Waals surface area contributed by atoms with Gasteiger partial charge in [0.1, 0.15) is 6.61 Å². The van der Waals surface area contributed by atoms with E-state index in [9.17, 15) is 28.1 Å². The molecular formula is C27H21F3IN5O5S. The van der Waals surface area contributed by atoms with Gasteiger partial charge in [-0.15, -0.1) is 11.3 Å². The minimum Gasteiger partial charge on any atom is -0.493 e. The highest BCUT2D eigenvalue weighted by molar-refractivity contribution is 14.1. The van der Waals surface area contributed by atoms with Gasteiger partial charge in [-0.2, -0.15) is 18.3 Å². The zero-order valence-corrected chi connectivity index (χ0v) is 24.6. The highest BCUT2D eigenvalue weighted by atomic mass is 127. The number of carbonyl (C=O) groups is 1. The van der Waals surface area contributed by atoms with Crippen LogP contribution >= 0.6 is 33.9 Å². The van der Waals surface area contributed by atoms with Crippen molar-refractivity contribution in [2.75, 3.05) is 12.4 Å². The number of hydrogen-bond donors (Lipinski definition) is 2. The Kier molecular flexibility index (Phi) is 9.95. The number of nitrogens with one attached hydrogen (secondary N) is 2. The molecule has 4 aromatic rings. The van der Waals surface area contributed by atoms with E-state index in [0.717, 1.165) is 29.0 Å². The molecule has 0 radical (unpaired) electrons. The standard InChI is InChI=1S/C27H21F3IN5O5S/c1-40-23-10-17(9-22(31)25(23)41-14-16-5-7-21(8-6-16)36(38)39)13-32-35-24(37)12-20-15-42-26(34-20)33-19-4-2-3-18(11-19)27(28,29)30/h2-11,13,15H,12,14H2,1H3,(H,33,34)(H,35,37)/b32-13-. The fourth-order valence-corrected chi connectivity index (χ4v) is 5.06. The summed E-state index contributed by atoms with van der Waals surface area (Å²) >= 11 is 3.23. The third-order valence-corrected chi connectivity index (χ3v) is 7.13. The van der Waals surface area contributed by atoms with E-state index < -0.39 is 22.6 Å². The maximum absolute atomic E-state index is 12.9. The van der Waals surface area contributed by atoms with Crippen LogP contribution < -0.4 is 20.2 Å². The Morgan fingerprint density at radius 1 is 1.19 bits per heavy atom. The van der Waals surface area contributed by atoms with Gasteiger partial charge in [-0.25, -0.2) is 10.4 Å². The largest absolute Gasteiger partial charge is 0.493 e. The molecule has 0 saturated heterocycles. The predicted molar refractivity (Wildman–Crippen MR) is 159 cm³/mol. The Labute approximate surface area is 254 Å². The molecule has 1 aromatic heterocycles. The molecule has 0 aliphatic carbocycles. The second kappa shape index (κ2) is 13.6. The molecule has 1 heterocycles. The molecule has 1 amide bonds. The van der Waals surface area contributed by atoms with E-state index >= 15 is 0 Å². The van der Waals surface area contributed by atoms with Crippen molar-refractivity contribution >= 4 is 62.6 Å². The van der Waals surface area contributed by atoms with Gasteiger partial charge < -0.3 is 14.8 Å². The van der Waals surface area contributed by atoms with E-state index in [1.807, 2.05) is 0 Å². The summed E-state index contributed by atoms with van der Waals surface area (Å²) in [5.74, 6) is 0.475. The second-order valence-electron chi connectivity index (χ2n) is 8.56. The lowest BCUT2D eigenvalue weighted by Crippen LogP contribution is -2.20. The van der Waals surface area contributed by atoms with E-state index in [1.165, 1.54) is 37.6 Å². The van der Waals surface area contributed by atoms with Crippen LogP contribution in [0, 0.1) is 13.7 Å². The molecule has 4 rings (SSSR count). The number of methoxy groups -OCH3 is 1. The predicted octanol–water partition coefficient (Wildman–Crippen LogP) is 6.70. The number of nitrogens with zero attached hydrogens (tertiary/aromatic N) is 3. The molecule has 42 heavy (non-hydrogen) atoms. The highest BCUT2D eigenvalue weighted by Crippen LogP contribution is 2.34. The Bertz CT molecular complexity index is 1610. The number of nitro groups is 1. The van der Waals surface area contributed by atoms with Gasteiger partial charge in [-0.1, -0.05) is 6.07 Å². The number of anilines is 2. The van der Waals surface area contributed by atoms with Crippen LogP contribution in [0.15, 0.2) is 71.1 Å². The summed E-state index contributed by atoms with van der Waals surface area (Å²) < 4.78 is 50.8. The van der Waals surface area contributed by atoms with Crippen LogP contribution in [0.25, 0.3) is 0 Å². The van der Waals surface area contributed by atoms with Crippen LogP contribution in [-0.2, 0) is 24.0 Å². The van der Waals surface area contributed by atoms with Crippen LogP contribution in [0.3, 0.4) is 0 Å². The highest BCUT2D eigenvalue weighted by Gasteiger charge is 2.30. The van der Waals surface area contributed by atoms with Crippen molar-refractivity contribution in [2.24, 2.45) is 5.10 Å². The number of halogens is 4. The smallest absolute Gasteiger partial charge is 0.416 e. The maximum Gasteiger partial charge on any atom is 0.416 e. The number of non-ortho nitro benzene ring substituents is 1. The summed E-state index contributed by atoms with van der Waals surface area (Å²) in [5, 5.41) is 19.6. The second-order valence-corrected chi connectivity index (χ2v) is 10.6. The minimum absolute atomic E-state index is 0.0102. The number of ether oxygens (including phenoxy) is 2. The SMILES string of the molecule is COc1cc(/C=N\NC(=O)Cc2csc(Nc3cccc(C(F)(F)F)c3)n2)cc(I)c1OCc1ccc([N+](=O)[O-])cc1. The summed E-state index contributed by atoms with van der Waals surface area (Å²) in [6.07, 6.45) is -3.11. The van der Waals surface area contributed by atoms with E-state index in [2.05, 4.69) is 43.4 Å². The molecule has 0 saturated carbocycles. The first-order valence-corrected chi connectivity index (χ1v) is 13.9. The molecule has 15 heteroatoms. The molecule has 218 valence electrons. The Morgan fingerprint density at radius 2 is 1.95 bits per heavy atom. The van der Waals surface area contributed by atoms with Crippen LogP contribution in [-0.4, -0.2) is 29.1 Å². The number of hydrazone groups is 1. The van der Waals surface area contributed by atoms with Gasteiger partial charge in [-0.3, -0.25) is 14.9 Å². The summed E-state index contributed by atoms with van der Waals surface area (Å²) in [5.41, 5.74) is 3.65. The average Bonchev–Trinajstić information content (AvgIpc) is 3.38. The molecule has 0 aliphatic rings. The fraction of sp³-hybridized carbons (Fsp3) is 0.148. The van der Waals surface area contributed by atoms with Crippen molar-refractivity contribution in [3.05, 3.63) is 102 Å². The lowest BCUT2D eigenvalue weighted by atomic mass is 10.2. The number of aromatic nitrogens is 1. The molecule has 0 spiro atoms. The molecule has 0 atom stereocenters. The van der Waals surface area contributed by atoms with Gasteiger partial charge in [0.25, 0.3) is 5.69 Å². The van der Waals surface area contributed by atoms with Gasteiger partial charge in [0, 0.05) is 23.2 Å². The number of carbonyl (C=O) groups excluding carboxylic acids is 1. The van der Waals surface area contributed by atoms with Gasteiger partial charge in [0.05, 0.1) is 39.5 Å². The van der Waals surface area contributed by atoms with E-state index in [0.29, 0.717) is 31.5 Å². The first-order valence-electron chi connectivity index (χ1n) is 12.0. The van der Waals surface area contributed by atoms with Gasteiger partial charge in [-0.05, 0) is 76.2 Å². The number of alkyl halides is 3. The van der Waals surface area contributed by atoms with E-state index in [1.54, 1.807) is 29.6 Å². The monoisotopic (exact) mass is 711 g/mol. The van der Waals surface area contributed by atoms with Crippen molar-refractivity contribution in [2.45, 2.75) is 19.2 Å². The summed E-state index contributed by atoms with van der Waals surface area (Å²) in [4.78, 5) is 27.0. The molecule has 3 aromatic carbocycles. The first-order chi connectivity index (χ1) is 20.0. The summed E-state index contributed by atoms with van der Waals surface area (Å²) in [6.45, 7) is 0.168. The third kappa shape index (κ3) is 8.39. The van der Waals surface area contributed by atoms with Crippen LogP contribution in [0.5, 0.6) is 11.5 Å². The maximum atomic E-state index is 12.9. The molecule has 0 aliphatic heterocycles. The third-order valence-electron chi connectivity index (χ3n) is 5.52. The van der Waals surface area contributed by atoms with Gasteiger partial charge >= 0.3 is 6.18 Å². The Hall–Kier alpha value is -4.25. The van der Waals surface area contributed by atoms with Crippen molar-refractivity contribution in [3.63, 3.8) is 0 Å². The number of nitro benzene ring substituents is 1. The summed E-state index contributed by atoms with van der Waals surface area (Å²) in [6, 6.07) is 14.2. The zero-order chi connectivity index (χ0) is 30.3. The number of hydrogen-bond acceptors (Lipinski definition) is 9. The fourth-order valence-electron chi connectivity index (χ4n) is 3.55. The topological polar surface area (TPSA) is 128 Å². The van der Waals surface area contributed by atoms with Crippen molar-refractivity contribution in [3.8, 4) is 11.5 Å². The van der Waals surface area contributed by atoms with E-state index in [4.69, 9.17) is 9.47 Å². The van der Waals surface area contributed by atoms with Gasteiger partial charge in [0.15, 0.2) is 16.6 Å². The van der Waals surface area contributed by atoms with Crippen molar-refractivity contribution in [1.29, 1.82) is 0 Å². The van der Waals surface area contributed by atoms with E-state index in [-0.39, 0.29) is 24.4 Å². The Morgan fingerprint density at radius 3 is 2.64 bits per heavy atom. The van der Waals surface area contributed by atoms with Crippen LogP contribution in [0.1, 0.15) is 22.4 Å². The lowest BCUT2D eigenvalue weighted by Gasteiger charge is -2.13. The number of thiazole rings is 1. The molecule has 0 bridgehead atoms. The minimum atomic E-state index is -4.46. The van der Waals surface area contributed by atoms with Crippen LogP contribution in [0.2, 0.25) is 0 Å². The number of rotatable bonds is 11. The Balaban J connectivity index is 1.32. The first kappa shape index (κ1) is 30.7. The number of benzene rings is 3. The van der Waals surface area contributed by atoms with Crippen LogP contribution in [0.4, 0.5) is 29.7 Å². The molecule has 0 unspecified atom stereocenters. The molecule has 10 nitrogen and oxygen atoms in total. The number of amides is 1. The zero-order valence-electron chi connectivity index (χ0n) is 21.6. The van der Waals surface area contributed by atoms with Crippen molar-refractivity contribution in [1.82, 2.24) is 10.4 Å². The molecular weight excluding hydrogens is 690 g/mol. The lowest BCUT2D eigenvalue weighted by molar-refractivity contribution is -0.384. The summed E-state index contributed by atoms with van der Waals surface area (Å²) in [7, 11) is 1.48. The van der Waals surface area contributed by atoms with Gasteiger partial charge in [0.2, 0.25) is 5.91 Å². The molecule has 2 N–H and O–H groups in total. The van der Waals surface area contributed by atoms with Crippen molar-refractivity contribution < 1.29 is 32.4 Å². The molecule has 0 fully saturated rings. The average molecular weight is 711 g/mol.